The standard InChI is InChI=1S/C27H32FN3O5S/c1-5-35-25(33)19-9-7-11-30(14-19)22(32)13-21-15-37-27-29-17(4)23(26(34)36-16(2)3)24(31(21)27)18-8-6-10-20(28)12-18/h6,8,10,12,15-16,19,24H,5,7,9,11,13-14H2,1-4H3/t19-,24+/m1/s1. The maximum absolute atomic E-state index is 14.3. The Morgan fingerprint density at radius 3 is 2.76 bits per heavy atom. The summed E-state index contributed by atoms with van der Waals surface area (Å²) in [6.45, 7) is 8.22. The van der Waals surface area contributed by atoms with Crippen LogP contribution in [0.4, 0.5) is 4.39 Å². The van der Waals surface area contributed by atoms with E-state index in [-0.39, 0.29) is 30.3 Å². The molecule has 2 atom stereocenters. The predicted molar refractivity (Wildman–Crippen MR) is 139 cm³/mol. The molecule has 0 N–H and O–H groups in total. The third-order valence-corrected chi connectivity index (χ3v) is 7.34. The molecule has 0 radical (unpaired) electrons. The van der Waals surface area contributed by atoms with Gasteiger partial charge in [-0.3, -0.25) is 9.59 Å². The van der Waals surface area contributed by atoms with E-state index < -0.39 is 17.8 Å². The lowest BCUT2D eigenvalue weighted by Crippen LogP contribution is -2.44. The van der Waals surface area contributed by atoms with Crippen molar-refractivity contribution in [3.63, 3.8) is 0 Å². The van der Waals surface area contributed by atoms with Crippen LogP contribution in [0.3, 0.4) is 0 Å². The monoisotopic (exact) mass is 529 g/mol. The van der Waals surface area contributed by atoms with Gasteiger partial charge < -0.3 is 19.3 Å². The summed E-state index contributed by atoms with van der Waals surface area (Å²) >= 11 is 1.36. The lowest BCUT2D eigenvalue weighted by Gasteiger charge is -2.37. The summed E-state index contributed by atoms with van der Waals surface area (Å²) in [6, 6.07) is 5.39. The van der Waals surface area contributed by atoms with Crippen molar-refractivity contribution < 1.29 is 28.2 Å². The SMILES string of the molecule is CCOC(=O)[C@@H]1CCCN(C(=O)CC2=CSC3=NC(C)=C(C(=O)OC(C)C)[C@H](c4cccc(F)c4)N23)C1. The van der Waals surface area contributed by atoms with Crippen molar-refractivity contribution in [1.29, 1.82) is 0 Å². The number of amides is 1. The molecule has 198 valence electrons. The zero-order valence-electron chi connectivity index (χ0n) is 21.5. The van der Waals surface area contributed by atoms with Crippen molar-refractivity contribution in [3.8, 4) is 0 Å². The minimum Gasteiger partial charge on any atom is -0.466 e. The Hall–Kier alpha value is -3.14. The molecule has 1 aromatic rings. The molecule has 1 fully saturated rings. The van der Waals surface area contributed by atoms with Crippen LogP contribution in [0.1, 0.15) is 58.6 Å². The number of amidine groups is 1. The Morgan fingerprint density at radius 2 is 2.05 bits per heavy atom. The molecule has 1 saturated heterocycles. The van der Waals surface area contributed by atoms with Crippen LogP contribution in [-0.4, -0.2) is 58.6 Å². The number of esters is 2. The number of thioether (sulfide) groups is 1. The van der Waals surface area contributed by atoms with Gasteiger partial charge in [0.1, 0.15) is 5.82 Å². The number of aliphatic imine (C=N–C) groups is 1. The maximum Gasteiger partial charge on any atom is 0.338 e. The number of carbonyl (C=O) groups is 3. The van der Waals surface area contributed by atoms with Crippen LogP contribution in [0.25, 0.3) is 0 Å². The summed E-state index contributed by atoms with van der Waals surface area (Å²) in [5.41, 5.74) is 2.02. The van der Waals surface area contributed by atoms with Gasteiger partial charge in [0.05, 0.1) is 42.4 Å². The van der Waals surface area contributed by atoms with Crippen LogP contribution in [0.15, 0.2) is 51.6 Å². The van der Waals surface area contributed by atoms with Crippen molar-refractivity contribution in [2.24, 2.45) is 10.9 Å². The smallest absolute Gasteiger partial charge is 0.338 e. The highest BCUT2D eigenvalue weighted by Crippen LogP contribution is 2.45. The molecular weight excluding hydrogens is 497 g/mol. The van der Waals surface area contributed by atoms with Crippen LogP contribution in [0.5, 0.6) is 0 Å². The summed E-state index contributed by atoms with van der Waals surface area (Å²) in [6.07, 6.45) is 1.12. The van der Waals surface area contributed by atoms with E-state index in [1.807, 2.05) is 10.3 Å². The molecule has 0 aliphatic carbocycles. The Labute approximate surface area is 220 Å². The molecule has 0 bridgehead atoms. The highest BCUT2D eigenvalue weighted by molar-refractivity contribution is 8.16. The van der Waals surface area contributed by atoms with E-state index in [0.717, 1.165) is 6.42 Å². The number of carbonyl (C=O) groups excluding carboxylic acids is 3. The lowest BCUT2D eigenvalue weighted by atomic mass is 9.93. The van der Waals surface area contributed by atoms with Gasteiger partial charge in [-0.25, -0.2) is 14.2 Å². The van der Waals surface area contributed by atoms with Crippen LogP contribution in [0, 0.1) is 11.7 Å². The summed E-state index contributed by atoms with van der Waals surface area (Å²) in [5.74, 6) is -1.69. The fourth-order valence-electron chi connectivity index (χ4n) is 4.82. The molecule has 0 unspecified atom stereocenters. The molecule has 0 aromatic heterocycles. The first-order valence-electron chi connectivity index (χ1n) is 12.5. The molecule has 1 aromatic carbocycles. The number of nitrogens with zero attached hydrogens (tertiary/aromatic N) is 3. The fraction of sp³-hybridized carbons (Fsp3) is 0.481. The average Bonchev–Trinajstić information content (AvgIpc) is 3.24. The number of hydrogen-bond acceptors (Lipinski definition) is 8. The topological polar surface area (TPSA) is 88.5 Å². The highest BCUT2D eigenvalue weighted by Gasteiger charge is 2.42. The normalized spacial score (nSPS) is 21.5. The Kier molecular flexibility index (Phi) is 8.36. The maximum atomic E-state index is 14.3. The molecule has 0 saturated carbocycles. The van der Waals surface area contributed by atoms with Crippen molar-refractivity contribution in [3.05, 3.63) is 58.0 Å². The first-order valence-corrected chi connectivity index (χ1v) is 13.4. The van der Waals surface area contributed by atoms with Gasteiger partial charge in [-0.05, 0) is 63.6 Å². The van der Waals surface area contributed by atoms with Crippen LogP contribution in [0.2, 0.25) is 0 Å². The minimum absolute atomic E-state index is 0.0545. The summed E-state index contributed by atoms with van der Waals surface area (Å²) in [5, 5.41) is 2.46. The summed E-state index contributed by atoms with van der Waals surface area (Å²) < 4.78 is 25.0. The molecular formula is C27H32FN3O5S. The van der Waals surface area contributed by atoms with Gasteiger partial charge in [-0.2, -0.15) is 0 Å². The number of hydrogen-bond donors (Lipinski definition) is 0. The summed E-state index contributed by atoms with van der Waals surface area (Å²) in [7, 11) is 0. The largest absolute Gasteiger partial charge is 0.466 e. The van der Waals surface area contributed by atoms with Gasteiger partial charge in [0, 0.05) is 18.8 Å². The van der Waals surface area contributed by atoms with Crippen LogP contribution >= 0.6 is 11.8 Å². The van der Waals surface area contributed by atoms with E-state index in [4.69, 9.17) is 9.47 Å². The second-order valence-electron chi connectivity index (χ2n) is 9.51. The van der Waals surface area contributed by atoms with E-state index in [0.29, 0.717) is 53.8 Å². The minimum atomic E-state index is -0.697. The molecule has 4 rings (SSSR count). The van der Waals surface area contributed by atoms with Gasteiger partial charge in [0.2, 0.25) is 5.91 Å². The zero-order chi connectivity index (χ0) is 26.7. The second-order valence-corrected chi connectivity index (χ2v) is 10.3. The first-order chi connectivity index (χ1) is 17.7. The number of fused-ring (bicyclic) bond motifs is 1. The van der Waals surface area contributed by atoms with Gasteiger partial charge in [0.15, 0.2) is 5.17 Å². The van der Waals surface area contributed by atoms with Gasteiger partial charge >= 0.3 is 11.9 Å². The van der Waals surface area contributed by atoms with Crippen molar-refractivity contribution in [2.45, 2.75) is 59.1 Å². The van der Waals surface area contributed by atoms with Crippen LogP contribution in [-0.2, 0) is 23.9 Å². The number of halogens is 1. The second kappa shape index (κ2) is 11.5. The third kappa shape index (κ3) is 5.89. The molecule has 10 heteroatoms. The molecule has 1 amide bonds. The molecule has 3 aliphatic rings. The van der Waals surface area contributed by atoms with Crippen molar-refractivity contribution in [2.75, 3.05) is 19.7 Å². The van der Waals surface area contributed by atoms with Crippen molar-refractivity contribution in [1.82, 2.24) is 9.80 Å². The van der Waals surface area contributed by atoms with E-state index in [1.165, 1.54) is 23.9 Å². The fourth-order valence-corrected chi connectivity index (χ4v) is 5.79. The molecule has 0 spiro atoms. The lowest BCUT2D eigenvalue weighted by molar-refractivity contribution is -0.151. The first kappa shape index (κ1) is 26.9. The number of likely N-dealkylation sites (tertiary alicyclic amines) is 1. The number of rotatable bonds is 7. The predicted octanol–water partition coefficient (Wildman–Crippen LogP) is 4.54. The van der Waals surface area contributed by atoms with E-state index in [1.54, 1.807) is 44.7 Å². The van der Waals surface area contributed by atoms with Crippen LogP contribution < -0.4 is 0 Å². The molecule has 3 aliphatic heterocycles. The zero-order valence-corrected chi connectivity index (χ0v) is 22.3. The molecule has 3 heterocycles. The third-order valence-electron chi connectivity index (χ3n) is 6.45. The molecule has 8 nitrogen and oxygen atoms in total. The quantitative estimate of drug-likeness (QED) is 0.479. The van der Waals surface area contributed by atoms with Gasteiger partial charge in [-0.1, -0.05) is 23.9 Å². The van der Waals surface area contributed by atoms with Crippen molar-refractivity contribution >= 4 is 34.8 Å². The van der Waals surface area contributed by atoms with Gasteiger partial charge in [0.25, 0.3) is 0 Å². The average molecular weight is 530 g/mol. The number of piperidine rings is 1. The molecule has 37 heavy (non-hydrogen) atoms. The number of ether oxygens (including phenoxy) is 2. The Balaban J connectivity index is 1.61. The van der Waals surface area contributed by atoms with E-state index >= 15 is 0 Å². The number of benzene rings is 1. The van der Waals surface area contributed by atoms with E-state index in [9.17, 15) is 18.8 Å². The highest BCUT2D eigenvalue weighted by atomic mass is 32.2. The number of allylic oxidation sites excluding steroid dienone is 1. The van der Waals surface area contributed by atoms with Gasteiger partial charge in [-0.15, -0.1) is 0 Å². The Bertz CT molecular complexity index is 1180. The van der Waals surface area contributed by atoms with E-state index in [2.05, 4.69) is 4.99 Å². The Morgan fingerprint density at radius 1 is 1.27 bits per heavy atom. The summed E-state index contributed by atoms with van der Waals surface area (Å²) in [4.78, 5) is 47.0.